The molecule has 216 valence electrons. The van der Waals surface area contributed by atoms with Gasteiger partial charge in [-0.05, 0) is 80.1 Å². The van der Waals surface area contributed by atoms with Gasteiger partial charge in [-0.2, -0.15) is 5.10 Å². The van der Waals surface area contributed by atoms with Gasteiger partial charge < -0.3 is 14.4 Å². The summed E-state index contributed by atoms with van der Waals surface area (Å²) in [4.78, 5) is 17.7. The van der Waals surface area contributed by atoms with Crippen molar-refractivity contribution < 1.29 is 27.4 Å². The average Bonchev–Trinajstić information content (AvgIpc) is 3.29. The van der Waals surface area contributed by atoms with Gasteiger partial charge in [-0.1, -0.05) is 6.07 Å². The van der Waals surface area contributed by atoms with Gasteiger partial charge in [0.15, 0.2) is 5.69 Å². The lowest BCUT2D eigenvalue weighted by Gasteiger charge is -2.12. The lowest BCUT2D eigenvalue weighted by atomic mass is 9.95. The normalized spacial score (nSPS) is 13.8. The lowest BCUT2D eigenvalue weighted by Crippen LogP contribution is -2.07. The second-order valence-electron chi connectivity index (χ2n) is 10.1. The number of anilines is 1. The van der Waals surface area contributed by atoms with E-state index in [1.807, 2.05) is 23.8 Å². The van der Waals surface area contributed by atoms with Crippen LogP contribution in [0.4, 0.5) is 14.5 Å². The molecule has 1 aliphatic rings. The predicted molar refractivity (Wildman–Crippen MR) is 158 cm³/mol. The van der Waals surface area contributed by atoms with Gasteiger partial charge in [-0.3, -0.25) is 4.21 Å². The molecule has 8 nitrogen and oxygen atoms in total. The van der Waals surface area contributed by atoms with Crippen molar-refractivity contribution in [2.24, 2.45) is 5.92 Å². The van der Waals surface area contributed by atoms with E-state index in [9.17, 15) is 23.1 Å². The van der Waals surface area contributed by atoms with Crippen LogP contribution in [0, 0.1) is 24.5 Å². The van der Waals surface area contributed by atoms with Gasteiger partial charge >= 0.3 is 5.97 Å². The number of aromatic nitrogens is 3. The summed E-state index contributed by atoms with van der Waals surface area (Å²) < 4.78 is 55.6. The second kappa shape index (κ2) is 11.5. The van der Waals surface area contributed by atoms with Crippen LogP contribution >= 0.6 is 22.7 Å². The molecule has 0 radical (unpaired) electrons. The van der Waals surface area contributed by atoms with Crippen molar-refractivity contribution in [3.8, 4) is 26.8 Å². The Kier molecular flexibility index (Phi) is 7.75. The standard InChI is InChI=1S/C29H24F2N4O4S3/c1-15-2-9-26(41-15)19-13-18(6-7-21(19)30)27-20(10-17-5-8-23(22(31)11-17)34-42(38)39)25(12-16-3-4-16)35(33-27)29-32-24(14-40-29)28(36)37/h2,5-9,11,13-14,16,34H,3-4,10,12H2,1H3,(H,36,37)(H,38,39)/p-1. The summed E-state index contributed by atoms with van der Waals surface area (Å²) >= 11 is -0.0382. The van der Waals surface area contributed by atoms with Crippen LogP contribution in [0.3, 0.4) is 0 Å². The Hall–Kier alpha value is -3.78. The number of thiophene rings is 1. The van der Waals surface area contributed by atoms with E-state index >= 15 is 4.39 Å². The number of nitrogens with zero attached hydrogens (tertiary/aromatic N) is 3. The number of carboxylic acids is 1. The molecule has 0 aliphatic heterocycles. The highest BCUT2D eigenvalue weighted by molar-refractivity contribution is 7.80. The van der Waals surface area contributed by atoms with E-state index in [1.165, 1.54) is 34.9 Å². The number of hydrogen-bond acceptors (Lipinski definition) is 7. The van der Waals surface area contributed by atoms with Crippen LogP contribution in [-0.2, 0) is 24.1 Å². The first kappa shape index (κ1) is 28.3. The first-order valence-electron chi connectivity index (χ1n) is 13.0. The smallest absolute Gasteiger partial charge is 0.355 e. The molecule has 3 aromatic heterocycles. The maximum absolute atomic E-state index is 15.0. The minimum Gasteiger partial charge on any atom is -0.755 e. The molecule has 0 spiro atoms. The number of hydrogen-bond donors (Lipinski definition) is 2. The number of nitrogens with one attached hydrogen (secondary N) is 1. The van der Waals surface area contributed by atoms with Gasteiger partial charge in [-0.15, -0.1) is 22.7 Å². The van der Waals surface area contributed by atoms with Crippen molar-refractivity contribution in [1.29, 1.82) is 0 Å². The highest BCUT2D eigenvalue weighted by Crippen LogP contribution is 2.40. The summed E-state index contributed by atoms with van der Waals surface area (Å²) in [5, 5.41) is 16.2. The number of aromatic carboxylic acids is 1. The van der Waals surface area contributed by atoms with Gasteiger partial charge in [0.1, 0.15) is 11.6 Å². The molecule has 3 heterocycles. The third-order valence-electron chi connectivity index (χ3n) is 7.01. The van der Waals surface area contributed by atoms with Crippen molar-refractivity contribution in [3.05, 3.63) is 92.9 Å². The largest absolute Gasteiger partial charge is 0.755 e. The first-order valence-corrected chi connectivity index (χ1v) is 15.7. The van der Waals surface area contributed by atoms with Gasteiger partial charge in [0.05, 0.1) is 17.1 Å². The Labute approximate surface area is 250 Å². The Balaban J connectivity index is 1.52. The zero-order valence-electron chi connectivity index (χ0n) is 22.1. The summed E-state index contributed by atoms with van der Waals surface area (Å²) in [5.74, 6) is -1.82. The van der Waals surface area contributed by atoms with Crippen molar-refractivity contribution in [1.82, 2.24) is 14.8 Å². The van der Waals surface area contributed by atoms with Gasteiger partial charge in [-0.25, -0.2) is 23.2 Å². The first-order chi connectivity index (χ1) is 20.2. The molecule has 0 amide bonds. The van der Waals surface area contributed by atoms with Gasteiger partial charge in [0, 0.05) is 49.5 Å². The van der Waals surface area contributed by atoms with E-state index in [0.717, 1.165) is 45.2 Å². The predicted octanol–water partition coefficient (Wildman–Crippen LogP) is 6.76. The maximum Gasteiger partial charge on any atom is 0.355 e. The van der Waals surface area contributed by atoms with E-state index < -0.39 is 23.1 Å². The number of benzene rings is 2. The molecule has 42 heavy (non-hydrogen) atoms. The fourth-order valence-corrected chi connectivity index (χ4v) is 6.81. The molecule has 1 unspecified atom stereocenters. The molecule has 0 bridgehead atoms. The van der Waals surface area contributed by atoms with E-state index in [0.29, 0.717) is 39.9 Å². The van der Waals surface area contributed by atoms with Crippen LogP contribution in [0.5, 0.6) is 0 Å². The lowest BCUT2D eigenvalue weighted by molar-refractivity contribution is 0.0691. The summed E-state index contributed by atoms with van der Waals surface area (Å²) in [6.07, 6.45) is 2.98. The molecule has 2 N–H and O–H groups in total. The Morgan fingerprint density at radius 3 is 2.62 bits per heavy atom. The Morgan fingerprint density at radius 2 is 1.98 bits per heavy atom. The average molecular weight is 626 g/mol. The van der Waals surface area contributed by atoms with E-state index in [-0.39, 0.29) is 23.6 Å². The zero-order chi connectivity index (χ0) is 29.5. The molecule has 13 heteroatoms. The number of halogens is 2. The van der Waals surface area contributed by atoms with Crippen molar-refractivity contribution >= 4 is 45.6 Å². The SMILES string of the molecule is Cc1ccc(-c2cc(-c3nn(-c4nc(C(=O)O)cs4)c(CC4CC4)c3Cc3ccc(NS(=O)[O-])c(F)c3)ccc2F)s1. The third-order valence-corrected chi connectivity index (χ3v) is 9.25. The number of thiazole rings is 1. The van der Waals surface area contributed by atoms with Gasteiger partial charge in [0.2, 0.25) is 5.13 Å². The van der Waals surface area contributed by atoms with Crippen LogP contribution in [0.15, 0.2) is 53.9 Å². The van der Waals surface area contributed by atoms with Crippen LogP contribution < -0.4 is 4.72 Å². The topological polar surface area (TPSA) is 120 Å². The maximum atomic E-state index is 15.0. The van der Waals surface area contributed by atoms with E-state index in [1.54, 1.807) is 22.9 Å². The number of aryl methyl sites for hydroxylation is 1. The van der Waals surface area contributed by atoms with Crippen molar-refractivity contribution in [2.45, 2.75) is 32.6 Å². The number of rotatable bonds is 10. The summed E-state index contributed by atoms with van der Waals surface area (Å²) in [5.41, 5.74) is 3.55. The zero-order valence-corrected chi connectivity index (χ0v) is 24.5. The fraction of sp³-hybridized carbons (Fsp3) is 0.207. The molecule has 2 aromatic carbocycles. The minimum atomic E-state index is -2.67. The highest BCUT2D eigenvalue weighted by Gasteiger charge is 2.29. The monoisotopic (exact) mass is 625 g/mol. The van der Waals surface area contributed by atoms with Crippen molar-refractivity contribution in [2.75, 3.05) is 4.72 Å². The summed E-state index contributed by atoms with van der Waals surface area (Å²) in [7, 11) is 0. The van der Waals surface area contributed by atoms with E-state index in [2.05, 4.69) is 4.98 Å². The van der Waals surface area contributed by atoms with Crippen LogP contribution in [0.1, 0.15) is 45.0 Å². The molecule has 1 atom stereocenters. The van der Waals surface area contributed by atoms with Crippen molar-refractivity contribution in [3.63, 3.8) is 0 Å². The molecule has 0 saturated heterocycles. The third kappa shape index (κ3) is 5.91. The summed E-state index contributed by atoms with van der Waals surface area (Å²) in [6.45, 7) is 1.95. The highest BCUT2D eigenvalue weighted by atomic mass is 32.2. The number of carbonyl (C=O) groups is 1. The summed E-state index contributed by atoms with van der Waals surface area (Å²) in [6, 6.07) is 12.9. The molecular weight excluding hydrogens is 603 g/mol. The molecule has 1 fully saturated rings. The molecule has 5 aromatic rings. The molecule has 1 saturated carbocycles. The second-order valence-corrected chi connectivity index (χ2v) is 12.9. The quantitative estimate of drug-likeness (QED) is 0.166. The van der Waals surface area contributed by atoms with Crippen LogP contribution in [0.2, 0.25) is 0 Å². The Bertz CT molecular complexity index is 1840. The fourth-order valence-electron chi connectivity index (χ4n) is 4.81. The van der Waals surface area contributed by atoms with E-state index in [4.69, 9.17) is 5.10 Å². The van der Waals surface area contributed by atoms with Crippen LogP contribution in [-0.4, -0.2) is 34.6 Å². The van der Waals surface area contributed by atoms with Gasteiger partial charge in [0.25, 0.3) is 0 Å². The Morgan fingerprint density at radius 1 is 1.17 bits per heavy atom. The minimum absolute atomic E-state index is 0.0935. The number of carboxylic acid groups (broad SMARTS) is 1. The molecule has 6 rings (SSSR count). The van der Waals surface area contributed by atoms with Crippen LogP contribution in [0.25, 0.3) is 26.8 Å². The molecule has 1 aliphatic carbocycles. The molecular formula is C29H23F2N4O4S3-.